The number of carboxylic acids is 1. The van der Waals surface area contributed by atoms with E-state index < -0.39 is 45.2 Å². The minimum Gasteiger partial charge on any atom is -0.478 e. The van der Waals surface area contributed by atoms with Gasteiger partial charge in [-0.25, -0.2) is 31.1 Å². The minimum atomic E-state index is -4.29. The largest absolute Gasteiger partial charge is 0.478 e. The molecule has 0 amide bonds. The number of carbonyl (C=O) groups is 1. The highest BCUT2D eigenvalue weighted by atomic mass is 32.2. The summed E-state index contributed by atoms with van der Waals surface area (Å²) in [6.07, 6.45) is -2.89. The Balaban J connectivity index is 3.10. The molecule has 0 aliphatic heterocycles. The Bertz CT molecular complexity index is 559. The molecule has 0 unspecified atom stereocenters. The highest BCUT2D eigenvalue weighted by molar-refractivity contribution is 7.89. The lowest BCUT2D eigenvalue weighted by Crippen LogP contribution is -2.28. The summed E-state index contributed by atoms with van der Waals surface area (Å²) in [7, 11) is -4.29. The van der Waals surface area contributed by atoms with E-state index in [0.717, 1.165) is 6.07 Å². The van der Waals surface area contributed by atoms with Gasteiger partial charge in [0.15, 0.2) is 0 Å². The van der Waals surface area contributed by atoms with Crippen molar-refractivity contribution in [2.45, 2.75) is 11.3 Å². The molecule has 0 aliphatic rings. The van der Waals surface area contributed by atoms with Gasteiger partial charge >= 0.3 is 5.97 Å². The Morgan fingerprint density at radius 2 is 2.00 bits per heavy atom. The van der Waals surface area contributed by atoms with Gasteiger partial charge in [0.1, 0.15) is 5.82 Å². The Morgan fingerprint density at radius 3 is 2.50 bits per heavy atom. The molecule has 18 heavy (non-hydrogen) atoms. The summed E-state index contributed by atoms with van der Waals surface area (Å²) in [5.74, 6) is -2.77. The van der Waals surface area contributed by atoms with Crippen LogP contribution in [0, 0.1) is 5.82 Å². The van der Waals surface area contributed by atoms with Crippen molar-refractivity contribution < 1.29 is 31.5 Å². The number of carboxylic acid groups (broad SMARTS) is 1. The number of hydrogen-bond acceptors (Lipinski definition) is 3. The zero-order valence-electron chi connectivity index (χ0n) is 8.73. The van der Waals surface area contributed by atoms with Crippen LogP contribution < -0.4 is 4.72 Å². The van der Waals surface area contributed by atoms with Gasteiger partial charge in [-0.1, -0.05) is 0 Å². The van der Waals surface area contributed by atoms with Gasteiger partial charge in [0.2, 0.25) is 10.0 Å². The van der Waals surface area contributed by atoms with Crippen molar-refractivity contribution in [2.24, 2.45) is 0 Å². The number of halogens is 3. The van der Waals surface area contributed by atoms with Gasteiger partial charge in [-0.2, -0.15) is 0 Å². The van der Waals surface area contributed by atoms with Crippen LogP contribution in [0.1, 0.15) is 10.4 Å². The summed E-state index contributed by atoms with van der Waals surface area (Å²) >= 11 is 0. The second-order valence-corrected chi connectivity index (χ2v) is 4.96. The molecule has 100 valence electrons. The summed E-state index contributed by atoms with van der Waals surface area (Å²) in [6.45, 7) is -1.11. The number of sulfonamides is 1. The molecular weight excluding hydrogens is 275 g/mol. The SMILES string of the molecule is O=C(O)c1cc(S(=O)(=O)NCC(F)F)ccc1F. The third-order valence-corrected chi connectivity index (χ3v) is 3.33. The lowest BCUT2D eigenvalue weighted by Gasteiger charge is -2.07. The molecule has 0 saturated heterocycles. The maximum Gasteiger partial charge on any atom is 0.338 e. The number of hydrogen-bond donors (Lipinski definition) is 2. The fourth-order valence-electron chi connectivity index (χ4n) is 1.09. The van der Waals surface area contributed by atoms with Crippen LogP contribution in [0.5, 0.6) is 0 Å². The summed E-state index contributed by atoms with van der Waals surface area (Å²) in [6, 6.07) is 1.99. The quantitative estimate of drug-likeness (QED) is 0.846. The van der Waals surface area contributed by atoms with Crippen LogP contribution in [0.25, 0.3) is 0 Å². The first kappa shape index (κ1) is 14.5. The molecule has 0 radical (unpaired) electrons. The Labute approximate surface area is 100 Å². The van der Waals surface area contributed by atoms with Crippen molar-refractivity contribution in [2.75, 3.05) is 6.54 Å². The normalized spacial score (nSPS) is 11.8. The zero-order chi connectivity index (χ0) is 13.9. The number of alkyl halides is 2. The Kier molecular flexibility index (Phi) is 4.30. The van der Waals surface area contributed by atoms with Crippen LogP contribution in [0.4, 0.5) is 13.2 Å². The third kappa shape index (κ3) is 3.44. The van der Waals surface area contributed by atoms with Crippen molar-refractivity contribution in [1.82, 2.24) is 4.72 Å². The maximum absolute atomic E-state index is 13.0. The first-order valence-electron chi connectivity index (χ1n) is 4.54. The van der Waals surface area contributed by atoms with Crippen LogP contribution in [0.2, 0.25) is 0 Å². The molecule has 0 saturated carbocycles. The van der Waals surface area contributed by atoms with Crippen molar-refractivity contribution in [3.8, 4) is 0 Å². The molecule has 1 aromatic rings. The highest BCUT2D eigenvalue weighted by Crippen LogP contribution is 2.15. The number of benzene rings is 1. The molecule has 0 heterocycles. The maximum atomic E-state index is 13.0. The van der Waals surface area contributed by atoms with E-state index in [-0.39, 0.29) is 0 Å². The molecule has 0 aliphatic carbocycles. The van der Waals surface area contributed by atoms with Gasteiger partial charge in [0.05, 0.1) is 17.0 Å². The van der Waals surface area contributed by atoms with Gasteiger partial charge in [0, 0.05) is 0 Å². The molecule has 1 rings (SSSR count). The van der Waals surface area contributed by atoms with Crippen molar-refractivity contribution in [3.05, 3.63) is 29.6 Å². The summed E-state index contributed by atoms with van der Waals surface area (Å²) in [4.78, 5) is 10.00. The molecule has 9 heteroatoms. The summed E-state index contributed by atoms with van der Waals surface area (Å²) in [5.41, 5.74) is -0.852. The molecule has 0 bridgehead atoms. The number of rotatable bonds is 5. The highest BCUT2D eigenvalue weighted by Gasteiger charge is 2.20. The molecule has 0 aromatic heterocycles. The first-order chi connectivity index (χ1) is 8.24. The van der Waals surface area contributed by atoms with Gasteiger partial charge in [-0.15, -0.1) is 0 Å². The Morgan fingerprint density at radius 1 is 1.39 bits per heavy atom. The lowest BCUT2D eigenvalue weighted by molar-refractivity contribution is 0.0691. The van der Waals surface area contributed by atoms with Crippen LogP contribution in [-0.2, 0) is 10.0 Å². The van der Waals surface area contributed by atoms with Crippen LogP contribution in [0.15, 0.2) is 23.1 Å². The van der Waals surface area contributed by atoms with Crippen LogP contribution in [-0.4, -0.2) is 32.5 Å². The molecule has 0 spiro atoms. The average Bonchev–Trinajstić information content (AvgIpc) is 2.26. The van der Waals surface area contributed by atoms with E-state index in [0.29, 0.717) is 12.1 Å². The van der Waals surface area contributed by atoms with Crippen LogP contribution >= 0.6 is 0 Å². The molecule has 0 fully saturated rings. The topological polar surface area (TPSA) is 83.5 Å². The predicted octanol–water partition coefficient (Wildman–Crippen LogP) is 1.07. The van der Waals surface area contributed by atoms with Crippen LogP contribution in [0.3, 0.4) is 0 Å². The van der Waals surface area contributed by atoms with E-state index in [2.05, 4.69) is 0 Å². The fraction of sp³-hybridized carbons (Fsp3) is 0.222. The van der Waals surface area contributed by atoms with Gasteiger partial charge in [0.25, 0.3) is 6.43 Å². The molecule has 2 N–H and O–H groups in total. The van der Waals surface area contributed by atoms with E-state index in [9.17, 15) is 26.4 Å². The van der Waals surface area contributed by atoms with Crippen molar-refractivity contribution in [3.63, 3.8) is 0 Å². The molecule has 0 atom stereocenters. The molecule has 5 nitrogen and oxygen atoms in total. The predicted molar refractivity (Wildman–Crippen MR) is 54.6 cm³/mol. The number of aromatic carboxylic acids is 1. The van der Waals surface area contributed by atoms with E-state index >= 15 is 0 Å². The standard InChI is InChI=1S/C9H8F3NO4S/c10-7-2-1-5(3-6(7)9(14)15)18(16,17)13-4-8(11)12/h1-3,8,13H,4H2,(H,14,15). The third-order valence-electron chi connectivity index (χ3n) is 1.91. The lowest BCUT2D eigenvalue weighted by atomic mass is 10.2. The fourth-order valence-corrected chi connectivity index (χ4v) is 2.12. The van der Waals surface area contributed by atoms with Gasteiger partial charge < -0.3 is 5.11 Å². The van der Waals surface area contributed by atoms with Crippen molar-refractivity contribution >= 4 is 16.0 Å². The number of nitrogens with one attached hydrogen (secondary N) is 1. The first-order valence-corrected chi connectivity index (χ1v) is 6.03. The van der Waals surface area contributed by atoms with E-state index in [1.807, 2.05) is 0 Å². The van der Waals surface area contributed by atoms with E-state index in [4.69, 9.17) is 5.11 Å². The second-order valence-electron chi connectivity index (χ2n) is 3.19. The second kappa shape index (κ2) is 5.36. The summed E-state index contributed by atoms with van der Waals surface area (Å²) in [5, 5.41) is 8.60. The molecule has 1 aromatic carbocycles. The Hall–Kier alpha value is -1.61. The molecular formula is C9H8F3NO4S. The van der Waals surface area contributed by atoms with E-state index in [1.165, 1.54) is 0 Å². The monoisotopic (exact) mass is 283 g/mol. The average molecular weight is 283 g/mol. The summed E-state index contributed by atoms with van der Waals surface area (Å²) < 4.78 is 61.2. The van der Waals surface area contributed by atoms with Gasteiger partial charge in [-0.3, -0.25) is 0 Å². The minimum absolute atomic E-state index is 0.561. The zero-order valence-corrected chi connectivity index (χ0v) is 9.55. The van der Waals surface area contributed by atoms with Gasteiger partial charge in [-0.05, 0) is 18.2 Å². The van der Waals surface area contributed by atoms with Crippen molar-refractivity contribution in [1.29, 1.82) is 0 Å². The van der Waals surface area contributed by atoms with E-state index in [1.54, 1.807) is 4.72 Å². The smallest absolute Gasteiger partial charge is 0.338 e.